The molecule has 2 aromatic carbocycles. The van der Waals surface area contributed by atoms with E-state index < -0.39 is 11.3 Å². The molecular formula is C27H18Cl2N4O2. The van der Waals surface area contributed by atoms with Gasteiger partial charge >= 0.3 is 0 Å². The summed E-state index contributed by atoms with van der Waals surface area (Å²) in [5, 5.41) is 14.4. The topological polar surface area (TPSA) is 78.1 Å². The van der Waals surface area contributed by atoms with E-state index in [2.05, 4.69) is 11.4 Å². The van der Waals surface area contributed by atoms with Gasteiger partial charge in [-0.05, 0) is 49.2 Å². The summed E-state index contributed by atoms with van der Waals surface area (Å²) >= 11 is 12.8. The Morgan fingerprint density at radius 2 is 1.69 bits per heavy atom. The van der Waals surface area contributed by atoms with E-state index in [1.807, 2.05) is 47.6 Å². The third-order valence-corrected chi connectivity index (χ3v) is 7.26. The second kappa shape index (κ2) is 7.88. The number of halogens is 2. The number of amides is 1. The van der Waals surface area contributed by atoms with Crippen molar-refractivity contribution >= 4 is 52.1 Å². The number of nitriles is 1. The van der Waals surface area contributed by atoms with Gasteiger partial charge in [0.15, 0.2) is 5.78 Å². The molecule has 0 radical (unpaired) electrons. The zero-order valence-corrected chi connectivity index (χ0v) is 19.9. The smallest absolute Gasteiger partial charge is 0.245 e. The van der Waals surface area contributed by atoms with Gasteiger partial charge in [0, 0.05) is 51.4 Å². The number of allylic oxidation sites excluding steroid dienone is 1. The number of anilines is 2. The SMILES string of the molecule is N#CC1=C(n2cccc2)N(c2cc(Cl)cc(Cl)c2)C2=C(C(=O)CCC2)[C@@]12C(=O)Nc1ccccc12. The number of nitrogens with zero attached hydrogens (tertiary/aromatic N) is 3. The van der Waals surface area contributed by atoms with Crippen molar-refractivity contribution in [1.82, 2.24) is 4.57 Å². The Morgan fingerprint density at radius 1 is 0.971 bits per heavy atom. The molecule has 1 aromatic heterocycles. The van der Waals surface area contributed by atoms with Gasteiger partial charge in [0.2, 0.25) is 5.91 Å². The number of benzene rings is 2. The van der Waals surface area contributed by atoms with Crippen LogP contribution >= 0.6 is 23.2 Å². The molecule has 8 heteroatoms. The molecule has 1 spiro atoms. The van der Waals surface area contributed by atoms with Gasteiger partial charge in [-0.1, -0.05) is 41.4 Å². The molecule has 172 valence electrons. The highest BCUT2D eigenvalue weighted by molar-refractivity contribution is 6.35. The van der Waals surface area contributed by atoms with Crippen LogP contribution in [0, 0.1) is 11.3 Å². The highest BCUT2D eigenvalue weighted by Gasteiger charge is 2.60. The van der Waals surface area contributed by atoms with Crippen LogP contribution in [-0.2, 0) is 15.0 Å². The van der Waals surface area contributed by atoms with E-state index in [-0.39, 0.29) is 11.4 Å². The second-order valence-electron chi connectivity index (χ2n) is 8.71. The molecule has 1 atom stereocenters. The van der Waals surface area contributed by atoms with Gasteiger partial charge in [-0.2, -0.15) is 5.26 Å². The van der Waals surface area contributed by atoms with Crippen LogP contribution in [0.5, 0.6) is 0 Å². The Morgan fingerprint density at radius 3 is 2.40 bits per heavy atom. The molecule has 3 aliphatic rings. The Hall–Kier alpha value is -3.79. The van der Waals surface area contributed by atoms with Crippen molar-refractivity contribution in [3.8, 4) is 6.07 Å². The Labute approximate surface area is 211 Å². The van der Waals surface area contributed by atoms with Gasteiger partial charge in [0.05, 0.1) is 11.3 Å². The molecule has 1 N–H and O–H groups in total. The number of carbonyl (C=O) groups is 2. The predicted octanol–water partition coefficient (Wildman–Crippen LogP) is 5.90. The monoisotopic (exact) mass is 500 g/mol. The summed E-state index contributed by atoms with van der Waals surface area (Å²) in [6.45, 7) is 0. The van der Waals surface area contributed by atoms with Crippen LogP contribution in [0.25, 0.3) is 5.82 Å². The minimum Gasteiger partial charge on any atom is -0.324 e. The molecule has 3 heterocycles. The van der Waals surface area contributed by atoms with E-state index in [9.17, 15) is 14.9 Å². The number of nitrogens with one attached hydrogen (secondary N) is 1. The van der Waals surface area contributed by atoms with Crippen LogP contribution in [0.15, 0.2) is 83.8 Å². The summed E-state index contributed by atoms with van der Waals surface area (Å²) in [5.41, 5.74) is 1.46. The van der Waals surface area contributed by atoms with Crippen molar-refractivity contribution in [3.05, 3.63) is 99.4 Å². The molecule has 6 rings (SSSR count). The highest BCUT2D eigenvalue weighted by atomic mass is 35.5. The third kappa shape index (κ3) is 2.95. The normalized spacial score (nSPS) is 21.2. The number of hydrogen-bond acceptors (Lipinski definition) is 4. The lowest BCUT2D eigenvalue weighted by atomic mass is 9.63. The largest absolute Gasteiger partial charge is 0.324 e. The summed E-state index contributed by atoms with van der Waals surface area (Å²) in [4.78, 5) is 29.4. The van der Waals surface area contributed by atoms with E-state index in [1.54, 1.807) is 28.8 Å². The number of rotatable bonds is 2. The number of ketones is 1. The molecule has 0 fully saturated rings. The number of para-hydroxylation sites is 1. The zero-order chi connectivity index (χ0) is 24.3. The first-order valence-electron chi connectivity index (χ1n) is 11.2. The van der Waals surface area contributed by atoms with Crippen molar-refractivity contribution in [3.63, 3.8) is 0 Å². The average Bonchev–Trinajstić information content (AvgIpc) is 3.46. The second-order valence-corrected chi connectivity index (χ2v) is 9.58. The van der Waals surface area contributed by atoms with Gasteiger partial charge in [0.1, 0.15) is 17.3 Å². The van der Waals surface area contributed by atoms with E-state index in [0.29, 0.717) is 63.3 Å². The molecular weight excluding hydrogens is 483 g/mol. The standard InChI is InChI=1S/C27H18Cl2N4O2/c28-16-12-17(29)14-18(13-16)33-22-8-5-9-23(34)24(22)27(19-6-1-2-7-21(19)31-26(27)35)20(15-30)25(33)32-10-3-4-11-32/h1-4,6-7,10-14H,5,8-9H2,(H,31,35)/t27-/m0/s1. The first kappa shape index (κ1) is 21.7. The fourth-order valence-electron chi connectivity index (χ4n) is 5.56. The molecule has 2 aliphatic heterocycles. The van der Waals surface area contributed by atoms with Crippen molar-refractivity contribution in [2.75, 3.05) is 10.2 Å². The lowest BCUT2D eigenvalue weighted by molar-refractivity contribution is -0.122. The Balaban J connectivity index is 1.79. The first-order chi connectivity index (χ1) is 17.0. The minimum atomic E-state index is -1.54. The van der Waals surface area contributed by atoms with Crippen molar-refractivity contribution in [2.24, 2.45) is 0 Å². The summed E-state index contributed by atoms with van der Waals surface area (Å²) in [5.74, 6) is -0.0712. The molecule has 3 aromatic rings. The fourth-order valence-corrected chi connectivity index (χ4v) is 6.08. The van der Waals surface area contributed by atoms with E-state index in [4.69, 9.17) is 23.2 Å². The van der Waals surface area contributed by atoms with Crippen LogP contribution in [-0.4, -0.2) is 16.3 Å². The Bertz CT molecular complexity index is 1510. The van der Waals surface area contributed by atoms with Crippen molar-refractivity contribution in [2.45, 2.75) is 24.7 Å². The maximum atomic E-state index is 13.9. The van der Waals surface area contributed by atoms with Crippen molar-refractivity contribution in [1.29, 1.82) is 5.26 Å². The van der Waals surface area contributed by atoms with E-state index in [1.165, 1.54) is 0 Å². The predicted molar refractivity (Wildman–Crippen MR) is 135 cm³/mol. The van der Waals surface area contributed by atoms with Gasteiger partial charge in [-0.3, -0.25) is 14.5 Å². The quantitative estimate of drug-likeness (QED) is 0.474. The van der Waals surface area contributed by atoms with Gasteiger partial charge in [-0.15, -0.1) is 0 Å². The lowest BCUT2D eigenvalue weighted by Crippen LogP contribution is -2.49. The van der Waals surface area contributed by atoms with Crippen molar-refractivity contribution < 1.29 is 9.59 Å². The fraction of sp³-hybridized carbons (Fsp3) is 0.148. The summed E-state index contributed by atoms with van der Waals surface area (Å²) in [6, 6.07) is 18.4. The van der Waals surface area contributed by atoms with Gasteiger partial charge in [-0.25, -0.2) is 0 Å². The molecule has 1 amide bonds. The summed E-state index contributed by atoms with van der Waals surface area (Å²) in [6.07, 6.45) is 5.11. The van der Waals surface area contributed by atoms with Gasteiger partial charge in [0.25, 0.3) is 0 Å². The number of hydrogen-bond donors (Lipinski definition) is 1. The number of carbonyl (C=O) groups excluding carboxylic acids is 2. The summed E-state index contributed by atoms with van der Waals surface area (Å²) < 4.78 is 1.80. The minimum absolute atomic E-state index is 0.143. The molecule has 0 unspecified atom stereocenters. The highest BCUT2D eigenvalue weighted by Crippen LogP contribution is 2.56. The first-order valence-corrected chi connectivity index (χ1v) is 11.9. The molecule has 6 nitrogen and oxygen atoms in total. The third-order valence-electron chi connectivity index (χ3n) is 6.83. The maximum absolute atomic E-state index is 13.9. The Kier molecular flexibility index (Phi) is 4.89. The zero-order valence-electron chi connectivity index (χ0n) is 18.4. The van der Waals surface area contributed by atoms with Crippen LogP contribution in [0.4, 0.5) is 11.4 Å². The summed E-state index contributed by atoms with van der Waals surface area (Å²) in [7, 11) is 0. The molecule has 35 heavy (non-hydrogen) atoms. The van der Waals surface area contributed by atoms with Crippen LogP contribution in [0.1, 0.15) is 24.8 Å². The number of fused-ring (bicyclic) bond motifs is 3. The molecule has 0 saturated heterocycles. The molecule has 0 bridgehead atoms. The average molecular weight is 501 g/mol. The molecule has 0 saturated carbocycles. The van der Waals surface area contributed by atoms with Crippen LogP contribution < -0.4 is 10.2 Å². The van der Waals surface area contributed by atoms with Gasteiger partial charge < -0.3 is 9.88 Å². The van der Waals surface area contributed by atoms with E-state index in [0.717, 1.165) is 0 Å². The lowest BCUT2D eigenvalue weighted by Gasteiger charge is -2.44. The maximum Gasteiger partial charge on any atom is 0.245 e. The van der Waals surface area contributed by atoms with Crippen LogP contribution in [0.3, 0.4) is 0 Å². The molecule has 1 aliphatic carbocycles. The number of Topliss-reactive ketones (excluding diaryl/α,β-unsaturated/α-hetero) is 1. The van der Waals surface area contributed by atoms with E-state index >= 15 is 0 Å². The van der Waals surface area contributed by atoms with Crippen LogP contribution in [0.2, 0.25) is 10.0 Å². The number of aromatic nitrogens is 1.